The van der Waals surface area contributed by atoms with Gasteiger partial charge >= 0.3 is 5.97 Å². The smallest absolute Gasteiger partial charge is 0.325 e. The Balaban J connectivity index is 2.29. The van der Waals surface area contributed by atoms with Gasteiger partial charge in [0, 0.05) is 6.54 Å². The van der Waals surface area contributed by atoms with E-state index >= 15 is 0 Å². The van der Waals surface area contributed by atoms with Crippen LogP contribution in [-0.4, -0.2) is 37.9 Å². The molecule has 1 aliphatic rings. The third kappa shape index (κ3) is 2.46. The van der Waals surface area contributed by atoms with Gasteiger partial charge in [0.2, 0.25) is 0 Å². The number of hydrogen-bond donors (Lipinski definition) is 1. The average Bonchev–Trinajstić information content (AvgIpc) is 2.06. The van der Waals surface area contributed by atoms with Crippen molar-refractivity contribution in [2.45, 2.75) is 26.0 Å². The van der Waals surface area contributed by atoms with E-state index < -0.39 is 0 Å². The summed E-state index contributed by atoms with van der Waals surface area (Å²) < 4.78 is 10.1. The molecule has 0 bridgehead atoms. The molecule has 0 aromatic rings. The zero-order chi connectivity index (χ0) is 8.97. The van der Waals surface area contributed by atoms with Gasteiger partial charge in [0.25, 0.3) is 0 Å². The molecule has 12 heavy (non-hydrogen) atoms. The van der Waals surface area contributed by atoms with Crippen LogP contribution in [0.3, 0.4) is 0 Å². The molecule has 4 heteroatoms. The minimum Gasteiger partial charge on any atom is -0.465 e. The van der Waals surface area contributed by atoms with Crippen molar-refractivity contribution in [2.24, 2.45) is 0 Å². The predicted molar refractivity (Wildman–Crippen MR) is 43.8 cm³/mol. The summed E-state index contributed by atoms with van der Waals surface area (Å²) >= 11 is 0. The van der Waals surface area contributed by atoms with Crippen molar-refractivity contribution in [3.63, 3.8) is 0 Å². The Labute approximate surface area is 72.2 Å². The van der Waals surface area contributed by atoms with Gasteiger partial charge in [-0.05, 0) is 13.8 Å². The Morgan fingerprint density at radius 1 is 1.75 bits per heavy atom. The molecule has 0 aromatic heterocycles. The number of morpholine rings is 1. The van der Waals surface area contributed by atoms with Gasteiger partial charge < -0.3 is 9.47 Å². The highest BCUT2D eigenvalue weighted by Gasteiger charge is 2.24. The van der Waals surface area contributed by atoms with Crippen molar-refractivity contribution < 1.29 is 14.3 Å². The third-order valence-corrected chi connectivity index (χ3v) is 1.77. The molecule has 1 saturated heterocycles. The topological polar surface area (TPSA) is 47.6 Å². The quantitative estimate of drug-likeness (QED) is 0.594. The van der Waals surface area contributed by atoms with E-state index in [9.17, 15) is 4.79 Å². The largest absolute Gasteiger partial charge is 0.465 e. The summed E-state index contributed by atoms with van der Waals surface area (Å²) in [6.07, 6.45) is 0.190. The molecule has 1 heterocycles. The van der Waals surface area contributed by atoms with Crippen LogP contribution < -0.4 is 5.32 Å². The molecule has 2 atom stereocenters. The lowest BCUT2D eigenvalue weighted by atomic mass is 10.2. The van der Waals surface area contributed by atoms with E-state index in [1.54, 1.807) is 6.92 Å². The van der Waals surface area contributed by atoms with Gasteiger partial charge in [-0.2, -0.15) is 0 Å². The number of esters is 1. The van der Waals surface area contributed by atoms with Gasteiger partial charge in [-0.3, -0.25) is 10.1 Å². The Bertz CT molecular complexity index is 152. The molecule has 1 N–H and O–H groups in total. The van der Waals surface area contributed by atoms with E-state index in [2.05, 4.69) is 5.32 Å². The fourth-order valence-electron chi connectivity index (χ4n) is 1.08. The highest BCUT2D eigenvalue weighted by Crippen LogP contribution is 2.01. The predicted octanol–water partition coefficient (Wildman–Crippen LogP) is -0.0736. The van der Waals surface area contributed by atoms with E-state index in [1.165, 1.54) is 0 Å². The zero-order valence-corrected chi connectivity index (χ0v) is 7.50. The van der Waals surface area contributed by atoms with E-state index in [4.69, 9.17) is 9.47 Å². The second-order valence-electron chi connectivity index (χ2n) is 2.86. The monoisotopic (exact) mass is 173 g/mol. The molecule has 0 aromatic carbocycles. The molecule has 0 saturated carbocycles. The molecule has 4 nitrogen and oxygen atoms in total. The maximum Gasteiger partial charge on any atom is 0.325 e. The van der Waals surface area contributed by atoms with E-state index in [-0.39, 0.29) is 18.1 Å². The summed E-state index contributed by atoms with van der Waals surface area (Å²) in [4.78, 5) is 11.1. The SMILES string of the molecule is CCOC(=O)[C@@H]1CO[C@H](C)CN1. The molecular weight excluding hydrogens is 158 g/mol. The van der Waals surface area contributed by atoms with Crippen LogP contribution in [0.2, 0.25) is 0 Å². The minimum atomic E-state index is -0.277. The van der Waals surface area contributed by atoms with Gasteiger partial charge in [-0.25, -0.2) is 0 Å². The second-order valence-corrected chi connectivity index (χ2v) is 2.86. The van der Waals surface area contributed by atoms with E-state index in [0.717, 1.165) is 0 Å². The van der Waals surface area contributed by atoms with Crippen LogP contribution in [0.5, 0.6) is 0 Å². The number of hydrogen-bond acceptors (Lipinski definition) is 4. The fourth-order valence-corrected chi connectivity index (χ4v) is 1.08. The molecule has 0 radical (unpaired) electrons. The number of nitrogens with one attached hydrogen (secondary N) is 1. The summed E-state index contributed by atoms with van der Waals surface area (Å²) in [5.74, 6) is -0.218. The lowest BCUT2D eigenvalue weighted by Crippen LogP contribution is -2.50. The van der Waals surface area contributed by atoms with Crippen LogP contribution in [0, 0.1) is 0 Å². The molecule has 70 valence electrons. The number of carbonyl (C=O) groups is 1. The summed E-state index contributed by atoms with van der Waals surface area (Å²) in [7, 11) is 0. The minimum absolute atomic E-state index is 0.190. The normalized spacial score (nSPS) is 29.8. The Morgan fingerprint density at radius 3 is 3.00 bits per heavy atom. The lowest BCUT2D eigenvalue weighted by molar-refractivity contribution is -0.149. The fraction of sp³-hybridized carbons (Fsp3) is 0.875. The van der Waals surface area contributed by atoms with Gasteiger partial charge in [-0.15, -0.1) is 0 Å². The van der Waals surface area contributed by atoms with Gasteiger partial charge in [0.05, 0.1) is 19.3 Å². The van der Waals surface area contributed by atoms with E-state index in [1.807, 2.05) is 6.92 Å². The van der Waals surface area contributed by atoms with Crippen molar-refractivity contribution in [3.8, 4) is 0 Å². The van der Waals surface area contributed by atoms with Gasteiger partial charge in [-0.1, -0.05) is 0 Å². The van der Waals surface area contributed by atoms with Crippen molar-refractivity contribution in [1.29, 1.82) is 0 Å². The zero-order valence-electron chi connectivity index (χ0n) is 7.50. The summed E-state index contributed by atoms with van der Waals surface area (Å²) in [6.45, 7) is 5.31. The molecule has 1 rings (SSSR count). The van der Waals surface area contributed by atoms with Crippen molar-refractivity contribution in [2.75, 3.05) is 19.8 Å². The van der Waals surface area contributed by atoms with Crippen molar-refractivity contribution in [1.82, 2.24) is 5.32 Å². The number of ether oxygens (including phenoxy) is 2. The molecule has 0 amide bonds. The first-order valence-corrected chi connectivity index (χ1v) is 4.25. The lowest BCUT2D eigenvalue weighted by Gasteiger charge is -2.26. The van der Waals surface area contributed by atoms with Crippen LogP contribution in [0.25, 0.3) is 0 Å². The number of carbonyl (C=O) groups excluding carboxylic acids is 1. The second kappa shape index (κ2) is 4.42. The van der Waals surface area contributed by atoms with E-state index in [0.29, 0.717) is 19.8 Å². The number of rotatable bonds is 2. The van der Waals surface area contributed by atoms with Crippen LogP contribution in [0.1, 0.15) is 13.8 Å². The van der Waals surface area contributed by atoms with Crippen molar-refractivity contribution >= 4 is 5.97 Å². The molecular formula is C8H15NO3. The molecule has 1 aliphatic heterocycles. The molecule has 0 aliphatic carbocycles. The maximum atomic E-state index is 11.1. The standard InChI is InChI=1S/C8H15NO3/c1-3-11-8(10)7-5-12-6(2)4-9-7/h6-7,9H,3-5H2,1-2H3/t6-,7+/m1/s1. The Kier molecular flexibility index (Phi) is 3.49. The maximum absolute atomic E-state index is 11.1. The first-order valence-electron chi connectivity index (χ1n) is 4.25. The van der Waals surface area contributed by atoms with Crippen molar-refractivity contribution in [3.05, 3.63) is 0 Å². The van der Waals surface area contributed by atoms with Crippen LogP contribution in [0.4, 0.5) is 0 Å². The van der Waals surface area contributed by atoms with Crippen LogP contribution >= 0.6 is 0 Å². The highest BCUT2D eigenvalue weighted by molar-refractivity contribution is 5.76. The Hall–Kier alpha value is -0.610. The first kappa shape index (κ1) is 9.48. The summed E-state index contributed by atoms with van der Waals surface area (Å²) in [5.41, 5.74) is 0. The van der Waals surface area contributed by atoms with Crippen LogP contribution in [-0.2, 0) is 14.3 Å². The Morgan fingerprint density at radius 2 is 2.50 bits per heavy atom. The molecule has 0 spiro atoms. The average molecular weight is 173 g/mol. The molecule has 1 fully saturated rings. The highest BCUT2D eigenvalue weighted by atomic mass is 16.5. The summed E-state index contributed by atoms with van der Waals surface area (Å²) in [5, 5.41) is 3.05. The summed E-state index contributed by atoms with van der Waals surface area (Å²) in [6, 6.07) is -0.277. The first-order chi connectivity index (χ1) is 5.74. The van der Waals surface area contributed by atoms with Gasteiger partial charge in [0.1, 0.15) is 6.04 Å². The molecule has 0 unspecified atom stereocenters. The third-order valence-electron chi connectivity index (χ3n) is 1.77. The van der Waals surface area contributed by atoms with Gasteiger partial charge in [0.15, 0.2) is 0 Å². The van der Waals surface area contributed by atoms with Crippen LogP contribution in [0.15, 0.2) is 0 Å².